The van der Waals surface area contributed by atoms with Crippen LogP contribution in [0.3, 0.4) is 0 Å². The van der Waals surface area contributed by atoms with Crippen molar-refractivity contribution in [2.75, 3.05) is 0 Å². The molecule has 2 rings (SSSR count). The Labute approximate surface area is 90.6 Å². The van der Waals surface area contributed by atoms with Gasteiger partial charge in [0.1, 0.15) is 6.33 Å². The molecule has 15 heavy (non-hydrogen) atoms. The first-order valence-corrected chi connectivity index (χ1v) is 5.65. The summed E-state index contributed by atoms with van der Waals surface area (Å²) < 4.78 is 0. The molecule has 1 aromatic rings. The van der Waals surface area contributed by atoms with Crippen molar-refractivity contribution in [1.82, 2.24) is 9.97 Å². The van der Waals surface area contributed by atoms with Crippen LogP contribution in [0, 0.1) is 5.92 Å². The van der Waals surface area contributed by atoms with Crippen molar-refractivity contribution in [1.29, 1.82) is 0 Å². The lowest BCUT2D eigenvalue weighted by atomic mass is 10.1. The number of nitrogens with zero attached hydrogens (tertiary/aromatic N) is 2. The van der Waals surface area contributed by atoms with Crippen molar-refractivity contribution >= 4 is 0 Å². The third kappa shape index (κ3) is 2.75. The van der Waals surface area contributed by atoms with E-state index in [0.717, 1.165) is 11.4 Å². The Morgan fingerprint density at radius 1 is 1.40 bits per heavy atom. The molecule has 1 atom stereocenters. The first kappa shape index (κ1) is 10.6. The lowest BCUT2D eigenvalue weighted by Crippen LogP contribution is -2.14. The third-order valence-corrected chi connectivity index (χ3v) is 2.92. The monoisotopic (exact) mass is 206 g/mol. The number of aliphatic hydroxyl groups is 1. The summed E-state index contributed by atoms with van der Waals surface area (Å²) in [5.41, 5.74) is 2.02. The van der Waals surface area contributed by atoms with Gasteiger partial charge in [0.2, 0.25) is 0 Å². The second-order valence-corrected chi connectivity index (χ2v) is 4.70. The van der Waals surface area contributed by atoms with Crippen LogP contribution < -0.4 is 0 Å². The first-order valence-electron chi connectivity index (χ1n) is 5.65. The van der Waals surface area contributed by atoms with Crippen molar-refractivity contribution in [2.45, 2.75) is 45.1 Å². The average molecular weight is 206 g/mol. The molecule has 1 unspecified atom stereocenters. The Kier molecular flexibility index (Phi) is 3.00. The highest BCUT2D eigenvalue weighted by atomic mass is 16.3. The highest BCUT2D eigenvalue weighted by Gasteiger charge is 2.29. The lowest BCUT2D eigenvalue weighted by molar-refractivity contribution is 0.150. The minimum absolute atomic E-state index is 0.208. The van der Waals surface area contributed by atoms with Gasteiger partial charge in [0, 0.05) is 17.8 Å². The maximum Gasteiger partial charge on any atom is 0.115 e. The van der Waals surface area contributed by atoms with Crippen LogP contribution in [0.5, 0.6) is 0 Å². The topological polar surface area (TPSA) is 46.0 Å². The number of aromatic nitrogens is 2. The van der Waals surface area contributed by atoms with Gasteiger partial charge in [-0.05, 0) is 30.7 Å². The third-order valence-electron chi connectivity index (χ3n) is 2.92. The maximum atomic E-state index is 9.81. The molecule has 1 N–H and O–H groups in total. The second kappa shape index (κ2) is 4.27. The second-order valence-electron chi connectivity index (χ2n) is 4.70. The standard InChI is InChI=1S/C12H18N2O/c1-8(2)11-5-10(13-7-14-11)6-12(15)9-3-4-9/h5,7-9,12,15H,3-4,6H2,1-2H3. The van der Waals surface area contributed by atoms with Gasteiger partial charge in [0.05, 0.1) is 6.10 Å². The van der Waals surface area contributed by atoms with E-state index < -0.39 is 0 Å². The van der Waals surface area contributed by atoms with Gasteiger partial charge in [-0.3, -0.25) is 0 Å². The van der Waals surface area contributed by atoms with E-state index in [9.17, 15) is 5.11 Å². The number of hydrogen-bond acceptors (Lipinski definition) is 3. The summed E-state index contributed by atoms with van der Waals surface area (Å²) in [5.74, 6) is 0.937. The minimum Gasteiger partial charge on any atom is -0.392 e. The van der Waals surface area contributed by atoms with Gasteiger partial charge in [-0.2, -0.15) is 0 Å². The van der Waals surface area contributed by atoms with Crippen LogP contribution in [-0.2, 0) is 6.42 Å². The molecular weight excluding hydrogens is 188 g/mol. The summed E-state index contributed by atoms with van der Waals surface area (Å²) in [4.78, 5) is 8.41. The predicted octanol–water partition coefficient (Wildman–Crippen LogP) is 1.91. The van der Waals surface area contributed by atoms with Crippen LogP contribution in [0.4, 0.5) is 0 Å². The zero-order chi connectivity index (χ0) is 10.8. The normalized spacial score (nSPS) is 18.1. The molecule has 0 spiro atoms. The molecule has 1 aliphatic carbocycles. The van der Waals surface area contributed by atoms with Gasteiger partial charge in [-0.25, -0.2) is 9.97 Å². The van der Waals surface area contributed by atoms with Gasteiger partial charge in [-0.1, -0.05) is 13.8 Å². The quantitative estimate of drug-likeness (QED) is 0.818. The Balaban J connectivity index is 2.03. The van der Waals surface area contributed by atoms with Crippen LogP contribution >= 0.6 is 0 Å². The van der Waals surface area contributed by atoms with E-state index >= 15 is 0 Å². The number of hydrogen-bond donors (Lipinski definition) is 1. The van der Waals surface area contributed by atoms with E-state index in [2.05, 4.69) is 23.8 Å². The van der Waals surface area contributed by atoms with Gasteiger partial charge in [0.25, 0.3) is 0 Å². The molecule has 1 aliphatic rings. The van der Waals surface area contributed by atoms with Gasteiger partial charge in [0.15, 0.2) is 0 Å². The number of rotatable bonds is 4. The molecule has 0 aliphatic heterocycles. The Bertz CT molecular complexity index is 334. The summed E-state index contributed by atoms with van der Waals surface area (Å²) in [7, 11) is 0. The molecule has 1 saturated carbocycles. The number of aliphatic hydroxyl groups excluding tert-OH is 1. The fourth-order valence-electron chi connectivity index (χ4n) is 1.70. The zero-order valence-electron chi connectivity index (χ0n) is 9.35. The van der Waals surface area contributed by atoms with Gasteiger partial charge < -0.3 is 5.11 Å². The fraction of sp³-hybridized carbons (Fsp3) is 0.667. The Hall–Kier alpha value is -0.960. The van der Waals surface area contributed by atoms with Crippen molar-refractivity contribution in [3.05, 3.63) is 23.8 Å². The largest absolute Gasteiger partial charge is 0.392 e. The SMILES string of the molecule is CC(C)c1cc(CC(O)C2CC2)ncn1. The van der Waals surface area contributed by atoms with Gasteiger partial charge >= 0.3 is 0 Å². The van der Waals surface area contributed by atoms with E-state index in [1.807, 2.05) is 6.07 Å². The van der Waals surface area contributed by atoms with Gasteiger partial charge in [-0.15, -0.1) is 0 Å². The van der Waals surface area contributed by atoms with Crippen molar-refractivity contribution in [3.8, 4) is 0 Å². The summed E-state index contributed by atoms with van der Waals surface area (Å²) in [5, 5.41) is 9.81. The molecule has 0 saturated heterocycles. The van der Waals surface area contributed by atoms with Crippen LogP contribution in [-0.4, -0.2) is 21.2 Å². The summed E-state index contributed by atoms with van der Waals surface area (Å²) in [6, 6.07) is 2.01. The molecule has 1 heterocycles. The smallest absolute Gasteiger partial charge is 0.115 e. The van der Waals surface area contributed by atoms with E-state index in [0.29, 0.717) is 18.3 Å². The fourth-order valence-corrected chi connectivity index (χ4v) is 1.70. The summed E-state index contributed by atoms with van der Waals surface area (Å²) in [6.45, 7) is 4.23. The average Bonchev–Trinajstić information content (AvgIpc) is 3.01. The maximum absolute atomic E-state index is 9.81. The van der Waals surface area contributed by atoms with Crippen LogP contribution in [0.25, 0.3) is 0 Å². The minimum atomic E-state index is -0.208. The molecule has 1 fully saturated rings. The summed E-state index contributed by atoms with van der Waals surface area (Å²) >= 11 is 0. The zero-order valence-corrected chi connectivity index (χ0v) is 9.35. The molecule has 0 radical (unpaired) electrons. The molecule has 0 amide bonds. The van der Waals surface area contributed by atoms with E-state index in [-0.39, 0.29) is 6.10 Å². The molecule has 3 heteroatoms. The van der Waals surface area contributed by atoms with Crippen LogP contribution in [0.15, 0.2) is 12.4 Å². The van der Waals surface area contributed by atoms with Crippen LogP contribution in [0.2, 0.25) is 0 Å². The Morgan fingerprint density at radius 3 is 2.73 bits per heavy atom. The molecule has 82 valence electrons. The molecular formula is C12H18N2O. The van der Waals surface area contributed by atoms with E-state index in [1.54, 1.807) is 6.33 Å². The molecule has 3 nitrogen and oxygen atoms in total. The lowest BCUT2D eigenvalue weighted by Gasteiger charge is -2.10. The van der Waals surface area contributed by atoms with Crippen molar-refractivity contribution in [2.24, 2.45) is 5.92 Å². The predicted molar refractivity (Wildman–Crippen MR) is 58.6 cm³/mol. The van der Waals surface area contributed by atoms with E-state index in [4.69, 9.17) is 0 Å². The molecule has 1 aromatic heterocycles. The van der Waals surface area contributed by atoms with Crippen molar-refractivity contribution in [3.63, 3.8) is 0 Å². The van der Waals surface area contributed by atoms with E-state index in [1.165, 1.54) is 12.8 Å². The van der Waals surface area contributed by atoms with Crippen molar-refractivity contribution < 1.29 is 5.11 Å². The highest BCUT2D eigenvalue weighted by molar-refractivity contribution is 5.12. The Morgan fingerprint density at radius 2 is 2.13 bits per heavy atom. The van der Waals surface area contributed by atoms with Crippen LogP contribution in [0.1, 0.15) is 44.0 Å². The molecule has 0 aromatic carbocycles. The molecule has 0 bridgehead atoms. The summed E-state index contributed by atoms with van der Waals surface area (Å²) in [6.07, 6.45) is 4.41. The first-order chi connectivity index (χ1) is 7.16. The highest BCUT2D eigenvalue weighted by Crippen LogP contribution is 2.33.